The third-order valence-corrected chi connectivity index (χ3v) is 3.55. The maximum Gasteiger partial charge on any atom is 0.239 e. The van der Waals surface area contributed by atoms with Gasteiger partial charge in [-0.2, -0.15) is 4.99 Å². The van der Waals surface area contributed by atoms with Crippen molar-refractivity contribution in [1.82, 2.24) is 0 Å². The van der Waals surface area contributed by atoms with Crippen LogP contribution in [-0.2, 0) is 14.6 Å². The molecule has 1 aliphatic heterocycles. The quantitative estimate of drug-likeness (QED) is 0.460. The van der Waals surface area contributed by atoms with Gasteiger partial charge < -0.3 is 0 Å². The van der Waals surface area contributed by atoms with Crippen molar-refractivity contribution in [2.75, 3.05) is 11.5 Å². The van der Waals surface area contributed by atoms with Gasteiger partial charge in [-0.1, -0.05) is 6.08 Å². The summed E-state index contributed by atoms with van der Waals surface area (Å²) in [6.07, 6.45) is 4.92. The van der Waals surface area contributed by atoms with Crippen molar-refractivity contribution in [1.29, 1.82) is 0 Å². The van der Waals surface area contributed by atoms with Crippen LogP contribution in [0.1, 0.15) is 6.42 Å². The Morgan fingerprint density at radius 3 is 2.75 bits per heavy atom. The summed E-state index contributed by atoms with van der Waals surface area (Å²) in [4.78, 5) is 12.8. The van der Waals surface area contributed by atoms with E-state index in [1.165, 1.54) is 12.3 Å². The van der Waals surface area contributed by atoms with Crippen LogP contribution in [0.5, 0.6) is 0 Å². The highest BCUT2D eigenvalue weighted by Gasteiger charge is 2.25. The Hall–Kier alpha value is -0.930. The molecular weight excluding hydrogens is 178 g/mol. The second-order valence-corrected chi connectivity index (χ2v) is 4.95. The fourth-order valence-electron chi connectivity index (χ4n) is 1.17. The summed E-state index contributed by atoms with van der Waals surface area (Å²) < 4.78 is 21.9. The van der Waals surface area contributed by atoms with Crippen LogP contribution in [0.4, 0.5) is 0 Å². The normalized spacial score (nSPS) is 27.2. The third-order valence-electron chi connectivity index (χ3n) is 1.75. The Bertz CT molecular complexity index is 325. The maximum atomic E-state index is 10.9. The summed E-state index contributed by atoms with van der Waals surface area (Å²) in [5, 5.41) is 0. The van der Waals surface area contributed by atoms with Crippen LogP contribution < -0.4 is 0 Å². The minimum Gasteiger partial charge on any atom is -0.229 e. The summed E-state index contributed by atoms with van der Waals surface area (Å²) >= 11 is 0. The van der Waals surface area contributed by atoms with Crippen molar-refractivity contribution in [2.24, 2.45) is 10.9 Å². The number of hydrogen-bond donors (Lipinski definition) is 0. The number of isocyanates is 1. The van der Waals surface area contributed by atoms with Crippen molar-refractivity contribution < 1.29 is 13.2 Å². The topological polar surface area (TPSA) is 63.6 Å². The van der Waals surface area contributed by atoms with E-state index in [1.807, 2.05) is 0 Å². The molecule has 1 aliphatic rings. The molecule has 1 unspecified atom stereocenters. The molecule has 66 valence electrons. The first kappa shape index (κ1) is 9.16. The molecule has 0 aromatic carbocycles. The SMILES string of the molecule is O=C=N/C=C\C1CCS(=O)(=O)C1. The number of carbonyl (C=O) groups excluding carboxylic acids is 1. The van der Waals surface area contributed by atoms with Crippen molar-refractivity contribution in [2.45, 2.75) is 6.42 Å². The van der Waals surface area contributed by atoms with E-state index < -0.39 is 9.84 Å². The fourth-order valence-corrected chi connectivity index (χ4v) is 2.93. The highest BCUT2D eigenvalue weighted by atomic mass is 32.2. The minimum atomic E-state index is -2.82. The molecule has 1 saturated heterocycles. The average molecular weight is 187 g/mol. The largest absolute Gasteiger partial charge is 0.239 e. The lowest BCUT2D eigenvalue weighted by Gasteiger charge is -1.94. The van der Waals surface area contributed by atoms with Crippen molar-refractivity contribution in [3.63, 3.8) is 0 Å². The zero-order chi connectivity index (χ0) is 9.03. The van der Waals surface area contributed by atoms with E-state index in [2.05, 4.69) is 4.99 Å². The maximum absolute atomic E-state index is 10.9. The summed E-state index contributed by atoms with van der Waals surface area (Å²) in [6.45, 7) is 0. The van der Waals surface area contributed by atoms with E-state index in [0.717, 1.165) is 0 Å². The second kappa shape index (κ2) is 3.65. The number of rotatable bonds is 2. The van der Waals surface area contributed by atoms with Crippen LogP contribution in [0.2, 0.25) is 0 Å². The molecule has 12 heavy (non-hydrogen) atoms. The first-order valence-electron chi connectivity index (χ1n) is 3.58. The molecule has 5 heteroatoms. The van der Waals surface area contributed by atoms with E-state index in [0.29, 0.717) is 6.42 Å². The Balaban J connectivity index is 2.54. The molecule has 1 atom stereocenters. The molecule has 4 nitrogen and oxygen atoms in total. The van der Waals surface area contributed by atoms with Gasteiger partial charge in [0.2, 0.25) is 6.08 Å². The van der Waals surface area contributed by atoms with Crippen LogP contribution >= 0.6 is 0 Å². The molecular formula is C7H9NO3S. The zero-order valence-electron chi connectivity index (χ0n) is 6.43. The van der Waals surface area contributed by atoms with Crippen molar-refractivity contribution >= 4 is 15.9 Å². The van der Waals surface area contributed by atoms with Crippen LogP contribution in [0.3, 0.4) is 0 Å². The summed E-state index contributed by atoms with van der Waals surface area (Å²) in [5.74, 6) is 0.442. The molecule has 1 rings (SSSR count). The third kappa shape index (κ3) is 2.60. The molecule has 0 N–H and O–H groups in total. The molecule has 0 aromatic rings. The molecule has 1 heterocycles. The Morgan fingerprint density at radius 1 is 1.50 bits per heavy atom. The lowest BCUT2D eigenvalue weighted by molar-refractivity contribution is 0.565. The number of sulfone groups is 1. The zero-order valence-corrected chi connectivity index (χ0v) is 7.25. The van der Waals surface area contributed by atoms with E-state index in [4.69, 9.17) is 0 Å². The van der Waals surface area contributed by atoms with Gasteiger partial charge in [-0.3, -0.25) is 0 Å². The molecule has 0 aromatic heterocycles. The Morgan fingerprint density at radius 2 is 2.25 bits per heavy atom. The summed E-state index contributed by atoms with van der Waals surface area (Å²) in [6, 6.07) is 0. The smallest absolute Gasteiger partial charge is 0.229 e. The number of aliphatic imine (C=N–C) groups is 1. The summed E-state index contributed by atoms with van der Waals surface area (Å²) in [7, 11) is -2.82. The lowest BCUT2D eigenvalue weighted by Crippen LogP contribution is -2.02. The molecule has 0 bridgehead atoms. The number of hydrogen-bond acceptors (Lipinski definition) is 4. The molecule has 0 radical (unpaired) electrons. The predicted octanol–water partition coefficient (Wildman–Crippen LogP) is 0.271. The van der Waals surface area contributed by atoms with Gasteiger partial charge in [0.1, 0.15) is 0 Å². The van der Waals surface area contributed by atoms with Gasteiger partial charge in [-0.25, -0.2) is 13.2 Å². The molecule has 0 aliphatic carbocycles. The monoisotopic (exact) mass is 187 g/mol. The fraction of sp³-hybridized carbons (Fsp3) is 0.571. The van der Waals surface area contributed by atoms with Gasteiger partial charge in [0.15, 0.2) is 9.84 Å². The van der Waals surface area contributed by atoms with E-state index in [-0.39, 0.29) is 17.4 Å². The van der Waals surface area contributed by atoms with Crippen LogP contribution in [0.15, 0.2) is 17.3 Å². The van der Waals surface area contributed by atoms with Crippen LogP contribution in [0.25, 0.3) is 0 Å². The molecule has 0 amide bonds. The average Bonchev–Trinajstić information content (AvgIpc) is 2.31. The lowest BCUT2D eigenvalue weighted by atomic mass is 10.1. The molecule has 0 saturated carbocycles. The predicted molar refractivity (Wildman–Crippen MR) is 44.0 cm³/mol. The van der Waals surface area contributed by atoms with Crippen molar-refractivity contribution in [3.8, 4) is 0 Å². The van der Waals surface area contributed by atoms with Gasteiger partial charge in [0.05, 0.1) is 11.5 Å². The molecule has 0 spiro atoms. The minimum absolute atomic E-state index is 0.0205. The Kier molecular flexibility index (Phi) is 2.78. The highest BCUT2D eigenvalue weighted by Crippen LogP contribution is 2.19. The van der Waals surface area contributed by atoms with Gasteiger partial charge in [-0.05, 0) is 12.3 Å². The number of nitrogens with zero attached hydrogens (tertiary/aromatic N) is 1. The van der Waals surface area contributed by atoms with Crippen LogP contribution in [0, 0.1) is 5.92 Å². The van der Waals surface area contributed by atoms with E-state index in [9.17, 15) is 13.2 Å². The standard InChI is InChI=1S/C7H9NO3S/c9-6-8-3-1-7-2-4-12(10,11)5-7/h1,3,7H,2,4-5H2/b3-1-. The number of allylic oxidation sites excluding steroid dienone is 1. The van der Waals surface area contributed by atoms with Gasteiger partial charge >= 0.3 is 0 Å². The first-order chi connectivity index (χ1) is 5.64. The van der Waals surface area contributed by atoms with E-state index in [1.54, 1.807) is 6.08 Å². The summed E-state index contributed by atoms with van der Waals surface area (Å²) in [5.41, 5.74) is 0. The van der Waals surface area contributed by atoms with Gasteiger partial charge in [0, 0.05) is 6.20 Å². The van der Waals surface area contributed by atoms with Gasteiger partial charge in [-0.15, -0.1) is 0 Å². The first-order valence-corrected chi connectivity index (χ1v) is 5.40. The molecule has 1 fully saturated rings. The van der Waals surface area contributed by atoms with Gasteiger partial charge in [0.25, 0.3) is 0 Å². The van der Waals surface area contributed by atoms with Crippen molar-refractivity contribution in [3.05, 3.63) is 12.3 Å². The second-order valence-electron chi connectivity index (χ2n) is 2.73. The Labute approximate surface area is 70.9 Å². The van der Waals surface area contributed by atoms with Crippen LogP contribution in [-0.4, -0.2) is 26.0 Å². The van der Waals surface area contributed by atoms with E-state index >= 15 is 0 Å². The highest BCUT2D eigenvalue weighted by molar-refractivity contribution is 7.91.